The second-order valence-electron chi connectivity index (χ2n) is 4.94. The predicted octanol–water partition coefficient (Wildman–Crippen LogP) is 4.63. The maximum atomic E-state index is 12.0. The molecule has 0 radical (unpaired) electrons. The number of carbonyl (C=O) groups is 2. The fourth-order valence-corrected chi connectivity index (χ4v) is 2.14. The Hall–Kier alpha value is -2.08. The molecule has 0 bridgehead atoms. The lowest BCUT2D eigenvalue weighted by atomic mass is 10.2. The average molecular weight is 400 g/mol. The van der Waals surface area contributed by atoms with Crippen molar-refractivity contribution in [1.82, 2.24) is 4.98 Å². The summed E-state index contributed by atoms with van der Waals surface area (Å²) >= 11 is 17.4. The fourth-order valence-electron chi connectivity index (χ4n) is 1.72. The summed E-state index contributed by atoms with van der Waals surface area (Å²) in [5, 5.41) is 3.76. The van der Waals surface area contributed by atoms with E-state index in [0.717, 1.165) is 0 Å². The van der Waals surface area contributed by atoms with Crippen LogP contribution in [0.4, 0.5) is 5.82 Å². The number of pyridine rings is 1. The van der Waals surface area contributed by atoms with Gasteiger partial charge in [0.25, 0.3) is 5.91 Å². The maximum Gasteiger partial charge on any atom is 0.331 e. The monoisotopic (exact) mass is 398 g/mol. The highest BCUT2D eigenvalue weighted by atomic mass is 35.5. The summed E-state index contributed by atoms with van der Waals surface area (Å²) < 4.78 is 5.03. The molecule has 2 aromatic rings. The number of nitrogens with zero attached hydrogens (tertiary/aromatic N) is 1. The molecule has 1 amide bonds. The highest BCUT2D eigenvalue weighted by molar-refractivity contribution is 6.42. The lowest BCUT2D eigenvalue weighted by Gasteiger charge is -2.11. The van der Waals surface area contributed by atoms with Crippen molar-refractivity contribution in [2.45, 2.75) is 13.0 Å². The first kappa shape index (κ1) is 19.2. The van der Waals surface area contributed by atoms with Gasteiger partial charge < -0.3 is 10.1 Å². The van der Waals surface area contributed by atoms with Crippen LogP contribution in [-0.2, 0) is 14.3 Å². The van der Waals surface area contributed by atoms with E-state index >= 15 is 0 Å². The molecular weight excluding hydrogens is 387 g/mol. The van der Waals surface area contributed by atoms with Crippen molar-refractivity contribution in [2.24, 2.45) is 0 Å². The van der Waals surface area contributed by atoms with Crippen molar-refractivity contribution in [2.75, 3.05) is 5.32 Å². The number of anilines is 1. The van der Waals surface area contributed by atoms with E-state index in [9.17, 15) is 9.59 Å². The minimum atomic E-state index is -0.997. The van der Waals surface area contributed by atoms with Gasteiger partial charge in [0.1, 0.15) is 5.82 Å². The maximum absolute atomic E-state index is 12.0. The molecule has 5 nitrogen and oxygen atoms in total. The molecule has 1 aromatic heterocycles. The zero-order valence-electron chi connectivity index (χ0n) is 13.0. The molecule has 1 atom stereocenters. The molecule has 1 aromatic carbocycles. The molecule has 8 heteroatoms. The highest BCUT2D eigenvalue weighted by Gasteiger charge is 2.17. The number of rotatable bonds is 5. The Bertz CT molecular complexity index is 807. The number of hydrogen-bond acceptors (Lipinski definition) is 4. The quantitative estimate of drug-likeness (QED) is 0.588. The molecule has 0 spiro atoms. The van der Waals surface area contributed by atoms with Crippen LogP contribution in [-0.4, -0.2) is 23.0 Å². The van der Waals surface area contributed by atoms with Crippen LogP contribution in [0.15, 0.2) is 42.6 Å². The molecule has 0 saturated heterocycles. The van der Waals surface area contributed by atoms with Gasteiger partial charge in [-0.15, -0.1) is 0 Å². The molecule has 1 N–H and O–H groups in total. The molecule has 130 valence electrons. The average Bonchev–Trinajstić information content (AvgIpc) is 2.58. The minimum Gasteiger partial charge on any atom is -0.449 e. The Morgan fingerprint density at radius 2 is 1.92 bits per heavy atom. The number of amides is 1. The summed E-state index contributed by atoms with van der Waals surface area (Å²) in [5.74, 6) is -0.868. The van der Waals surface area contributed by atoms with Crippen LogP contribution < -0.4 is 5.32 Å². The van der Waals surface area contributed by atoms with E-state index in [-0.39, 0.29) is 0 Å². The third-order valence-electron chi connectivity index (χ3n) is 3.00. The number of nitrogens with one attached hydrogen (secondary N) is 1. The Kier molecular flexibility index (Phi) is 6.82. The Morgan fingerprint density at radius 3 is 2.56 bits per heavy atom. The second kappa shape index (κ2) is 8.85. The van der Waals surface area contributed by atoms with Gasteiger partial charge in [0.15, 0.2) is 6.10 Å². The first-order valence-corrected chi connectivity index (χ1v) is 8.24. The SMILES string of the molecule is CC(OC(=O)/C=C/c1ccc(Cl)c(Cl)c1)C(=O)Nc1ccc(Cl)cn1. The first-order chi connectivity index (χ1) is 11.8. The standard InChI is InChI=1S/C17H13Cl3N2O3/c1-10(17(24)22-15-6-4-12(18)9-21-15)25-16(23)7-3-11-2-5-13(19)14(20)8-11/h2-10H,1H3,(H,21,22,24)/b7-3+. The molecule has 0 saturated carbocycles. The number of benzene rings is 1. The second-order valence-corrected chi connectivity index (χ2v) is 6.19. The van der Waals surface area contributed by atoms with Gasteiger partial charge >= 0.3 is 5.97 Å². The fraction of sp³-hybridized carbons (Fsp3) is 0.118. The third-order valence-corrected chi connectivity index (χ3v) is 3.96. The summed E-state index contributed by atoms with van der Waals surface area (Å²) in [6, 6.07) is 8.04. The summed E-state index contributed by atoms with van der Waals surface area (Å²) in [6.45, 7) is 1.45. The van der Waals surface area contributed by atoms with Crippen LogP contribution in [0.25, 0.3) is 6.08 Å². The van der Waals surface area contributed by atoms with Crippen molar-refractivity contribution in [1.29, 1.82) is 0 Å². The lowest BCUT2D eigenvalue weighted by molar-refractivity contribution is -0.148. The van der Waals surface area contributed by atoms with Crippen LogP contribution in [0.1, 0.15) is 12.5 Å². The van der Waals surface area contributed by atoms with Crippen molar-refractivity contribution in [3.63, 3.8) is 0 Å². The van der Waals surface area contributed by atoms with E-state index in [0.29, 0.717) is 26.4 Å². The van der Waals surface area contributed by atoms with E-state index in [4.69, 9.17) is 39.5 Å². The van der Waals surface area contributed by atoms with E-state index in [1.807, 2.05) is 0 Å². The van der Waals surface area contributed by atoms with Gasteiger partial charge in [0.2, 0.25) is 0 Å². The Morgan fingerprint density at radius 1 is 1.16 bits per heavy atom. The zero-order chi connectivity index (χ0) is 18.4. The summed E-state index contributed by atoms with van der Waals surface area (Å²) in [4.78, 5) is 27.7. The summed E-state index contributed by atoms with van der Waals surface area (Å²) in [6.07, 6.45) is 3.11. The van der Waals surface area contributed by atoms with Gasteiger partial charge in [-0.05, 0) is 42.8 Å². The molecule has 0 aliphatic carbocycles. The van der Waals surface area contributed by atoms with Crippen molar-refractivity contribution in [3.05, 3.63) is 63.2 Å². The van der Waals surface area contributed by atoms with Gasteiger partial charge in [0, 0.05) is 12.3 Å². The van der Waals surface area contributed by atoms with E-state index in [1.165, 1.54) is 25.3 Å². The van der Waals surface area contributed by atoms with Gasteiger partial charge in [-0.2, -0.15) is 0 Å². The molecule has 1 heterocycles. The van der Waals surface area contributed by atoms with E-state index in [2.05, 4.69) is 10.3 Å². The Balaban J connectivity index is 1.90. The van der Waals surface area contributed by atoms with Crippen molar-refractivity contribution >= 4 is 58.6 Å². The molecular formula is C17H13Cl3N2O3. The molecule has 0 aliphatic heterocycles. The Labute approximate surface area is 159 Å². The molecule has 0 fully saturated rings. The number of hydrogen-bond donors (Lipinski definition) is 1. The largest absolute Gasteiger partial charge is 0.449 e. The smallest absolute Gasteiger partial charge is 0.331 e. The highest BCUT2D eigenvalue weighted by Crippen LogP contribution is 2.23. The van der Waals surface area contributed by atoms with Crippen LogP contribution in [0, 0.1) is 0 Å². The minimum absolute atomic E-state index is 0.309. The summed E-state index contributed by atoms with van der Waals surface area (Å²) in [7, 11) is 0. The van der Waals surface area contributed by atoms with Crippen LogP contribution >= 0.6 is 34.8 Å². The predicted molar refractivity (Wildman–Crippen MR) is 98.9 cm³/mol. The third kappa shape index (κ3) is 6.05. The number of ether oxygens (including phenoxy) is 1. The normalized spacial score (nSPS) is 12.0. The number of halogens is 3. The van der Waals surface area contributed by atoms with Crippen molar-refractivity contribution < 1.29 is 14.3 Å². The first-order valence-electron chi connectivity index (χ1n) is 7.11. The van der Waals surface area contributed by atoms with Gasteiger partial charge in [-0.1, -0.05) is 40.9 Å². The topological polar surface area (TPSA) is 68.3 Å². The van der Waals surface area contributed by atoms with E-state index in [1.54, 1.807) is 30.3 Å². The van der Waals surface area contributed by atoms with Crippen molar-refractivity contribution in [3.8, 4) is 0 Å². The van der Waals surface area contributed by atoms with Gasteiger partial charge in [-0.25, -0.2) is 9.78 Å². The van der Waals surface area contributed by atoms with Crippen LogP contribution in [0.2, 0.25) is 15.1 Å². The zero-order valence-corrected chi connectivity index (χ0v) is 15.3. The molecule has 2 rings (SSSR count). The van der Waals surface area contributed by atoms with Crippen LogP contribution in [0.5, 0.6) is 0 Å². The van der Waals surface area contributed by atoms with Crippen LogP contribution in [0.3, 0.4) is 0 Å². The number of esters is 1. The molecule has 0 aliphatic rings. The lowest BCUT2D eigenvalue weighted by Crippen LogP contribution is -2.29. The van der Waals surface area contributed by atoms with E-state index < -0.39 is 18.0 Å². The van der Waals surface area contributed by atoms with Gasteiger partial charge in [0.05, 0.1) is 15.1 Å². The summed E-state index contributed by atoms with van der Waals surface area (Å²) in [5.41, 5.74) is 0.675. The number of carbonyl (C=O) groups excluding carboxylic acids is 2. The molecule has 25 heavy (non-hydrogen) atoms. The molecule has 1 unspecified atom stereocenters. The number of aromatic nitrogens is 1. The van der Waals surface area contributed by atoms with Gasteiger partial charge in [-0.3, -0.25) is 4.79 Å².